The fourth-order valence-corrected chi connectivity index (χ4v) is 6.79. The first-order chi connectivity index (χ1) is 11.2. The lowest BCUT2D eigenvalue weighted by Crippen LogP contribution is -2.48. The Morgan fingerprint density at radius 1 is 0.875 bits per heavy atom. The lowest BCUT2D eigenvalue weighted by Gasteiger charge is -2.55. The third kappa shape index (κ3) is 3.66. The number of halogens is 2. The van der Waals surface area contributed by atoms with Crippen molar-refractivity contribution in [3.63, 3.8) is 0 Å². The smallest absolute Gasteiger partial charge is 0.248 e. The minimum atomic E-state index is -2.36. The van der Waals surface area contributed by atoms with E-state index in [1.165, 1.54) is 38.5 Å². The van der Waals surface area contributed by atoms with Crippen molar-refractivity contribution < 1.29 is 13.9 Å². The molecule has 6 atom stereocenters. The second-order valence-corrected chi connectivity index (χ2v) is 9.71. The number of aliphatic hydroxyl groups excluding tert-OH is 1. The van der Waals surface area contributed by atoms with Gasteiger partial charge >= 0.3 is 0 Å². The zero-order valence-corrected chi connectivity index (χ0v) is 15.7. The fourth-order valence-electron chi connectivity index (χ4n) is 6.79. The third-order valence-corrected chi connectivity index (χ3v) is 7.70. The van der Waals surface area contributed by atoms with E-state index in [0.29, 0.717) is 17.3 Å². The molecule has 0 heterocycles. The Morgan fingerprint density at radius 3 is 2.25 bits per heavy atom. The van der Waals surface area contributed by atoms with Crippen LogP contribution in [0.2, 0.25) is 0 Å². The molecule has 4 rings (SSSR count). The highest BCUT2D eigenvalue weighted by Gasteiger charge is 2.55. The molecule has 0 amide bonds. The van der Waals surface area contributed by atoms with Gasteiger partial charge in [-0.05, 0) is 93.8 Å². The Morgan fingerprint density at radius 2 is 1.54 bits per heavy atom. The van der Waals surface area contributed by atoms with E-state index in [0.717, 1.165) is 30.6 Å². The summed E-state index contributed by atoms with van der Waals surface area (Å²) in [6, 6.07) is 0. The van der Waals surface area contributed by atoms with Gasteiger partial charge in [0.05, 0.1) is 0 Å². The zero-order valence-electron chi connectivity index (χ0n) is 15.7. The van der Waals surface area contributed by atoms with Gasteiger partial charge in [0, 0.05) is 18.9 Å². The van der Waals surface area contributed by atoms with Crippen molar-refractivity contribution in [3.05, 3.63) is 0 Å². The molecule has 140 valence electrons. The van der Waals surface area contributed by atoms with Crippen LogP contribution in [-0.2, 0) is 0 Å². The molecule has 0 aromatic rings. The predicted molar refractivity (Wildman–Crippen MR) is 94.0 cm³/mol. The van der Waals surface area contributed by atoms with Crippen LogP contribution in [0.3, 0.4) is 0 Å². The number of rotatable bonds is 0. The molecule has 24 heavy (non-hydrogen) atoms. The van der Waals surface area contributed by atoms with Gasteiger partial charge in [0.2, 0.25) is 5.92 Å². The van der Waals surface area contributed by atoms with Gasteiger partial charge in [-0.1, -0.05) is 13.3 Å². The van der Waals surface area contributed by atoms with E-state index in [1.54, 1.807) is 13.8 Å². The quantitative estimate of drug-likeness (QED) is 0.568. The van der Waals surface area contributed by atoms with Gasteiger partial charge in [-0.25, -0.2) is 8.78 Å². The Hall–Kier alpha value is -0.180. The number of fused-ring (bicyclic) bond motifs is 5. The van der Waals surface area contributed by atoms with Gasteiger partial charge in [-0.2, -0.15) is 0 Å². The molecule has 0 spiro atoms. The summed E-state index contributed by atoms with van der Waals surface area (Å²) in [6.07, 6.45) is 10.3. The van der Waals surface area contributed by atoms with Crippen molar-refractivity contribution in [2.45, 2.75) is 97.0 Å². The average molecular weight is 343 g/mol. The van der Waals surface area contributed by atoms with Gasteiger partial charge in [0.25, 0.3) is 0 Å². The standard InChI is InChI=1S/C18H28F2.C3H8O/c1-17-8-2-3-16(17)15-5-4-12-11-18(19,20)10-7-13(12)14(15)6-9-17;1-3(2)4/h12-16H,2-11H2,1H3;3-4H,1-2H3/t12?,13?,14?,15?,16-,17?;/m0./s1. The summed E-state index contributed by atoms with van der Waals surface area (Å²) in [7, 11) is 0. The molecule has 4 aliphatic rings. The van der Waals surface area contributed by atoms with E-state index in [1.807, 2.05) is 0 Å². The molecule has 0 saturated heterocycles. The molecule has 0 aliphatic heterocycles. The van der Waals surface area contributed by atoms with Crippen LogP contribution in [0.1, 0.15) is 85.0 Å². The summed E-state index contributed by atoms with van der Waals surface area (Å²) in [5.41, 5.74) is 0.604. The van der Waals surface area contributed by atoms with E-state index in [9.17, 15) is 8.78 Å². The Kier molecular flexibility index (Phi) is 5.31. The van der Waals surface area contributed by atoms with Gasteiger partial charge in [0.1, 0.15) is 0 Å². The number of hydrogen-bond acceptors (Lipinski definition) is 1. The maximum Gasteiger partial charge on any atom is 0.248 e. The van der Waals surface area contributed by atoms with E-state index < -0.39 is 5.92 Å². The highest BCUT2D eigenvalue weighted by atomic mass is 19.3. The molecule has 4 fully saturated rings. The molecular weight excluding hydrogens is 306 g/mol. The summed E-state index contributed by atoms with van der Waals surface area (Å²) >= 11 is 0. The van der Waals surface area contributed by atoms with Crippen LogP contribution < -0.4 is 0 Å². The molecule has 4 aliphatic carbocycles. The largest absolute Gasteiger partial charge is 0.394 e. The fraction of sp³-hybridized carbons (Fsp3) is 1.00. The molecule has 0 radical (unpaired) electrons. The normalized spacial score (nSPS) is 46.4. The van der Waals surface area contributed by atoms with E-state index >= 15 is 0 Å². The van der Waals surface area contributed by atoms with Gasteiger partial charge in [-0.3, -0.25) is 0 Å². The number of alkyl halides is 2. The van der Waals surface area contributed by atoms with E-state index in [2.05, 4.69) is 6.92 Å². The molecular formula is C21H36F2O. The topological polar surface area (TPSA) is 20.2 Å². The first-order valence-electron chi connectivity index (χ1n) is 10.3. The third-order valence-electron chi connectivity index (χ3n) is 7.70. The summed E-state index contributed by atoms with van der Waals surface area (Å²) in [4.78, 5) is 0. The van der Waals surface area contributed by atoms with Crippen molar-refractivity contribution in [2.24, 2.45) is 35.0 Å². The van der Waals surface area contributed by atoms with Crippen molar-refractivity contribution >= 4 is 0 Å². The second kappa shape index (κ2) is 6.85. The zero-order chi connectivity index (χ0) is 17.5. The number of aliphatic hydroxyl groups is 1. The van der Waals surface area contributed by atoms with E-state index in [4.69, 9.17) is 5.11 Å². The molecule has 3 heteroatoms. The van der Waals surface area contributed by atoms with Crippen molar-refractivity contribution in [1.82, 2.24) is 0 Å². The highest BCUT2D eigenvalue weighted by molar-refractivity contribution is 5.03. The highest BCUT2D eigenvalue weighted by Crippen LogP contribution is 2.63. The molecule has 0 aromatic heterocycles. The Labute approximate surface area is 146 Å². The Bertz CT molecular complexity index is 433. The maximum atomic E-state index is 13.7. The lowest BCUT2D eigenvalue weighted by atomic mass is 9.50. The maximum absolute atomic E-state index is 13.7. The summed E-state index contributed by atoms with van der Waals surface area (Å²) in [5.74, 6) is 1.21. The SMILES string of the molecule is CC(C)O.CC12CCC[C@H]1C1CCC3CC(F)(F)CCC3C1CC2. The predicted octanol–water partition coefficient (Wildman–Crippen LogP) is 6.05. The lowest BCUT2D eigenvalue weighted by molar-refractivity contribution is -0.118. The van der Waals surface area contributed by atoms with E-state index in [-0.39, 0.29) is 18.9 Å². The van der Waals surface area contributed by atoms with Crippen molar-refractivity contribution in [2.75, 3.05) is 0 Å². The van der Waals surface area contributed by atoms with Crippen molar-refractivity contribution in [3.8, 4) is 0 Å². The average Bonchev–Trinajstić information content (AvgIpc) is 2.87. The van der Waals surface area contributed by atoms with Crippen LogP contribution in [0, 0.1) is 35.0 Å². The van der Waals surface area contributed by atoms with Gasteiger partial charge < -0.3 is 5.11 Å². The van der Waals surface area contributed by atoms with Gasteiger partial charge in [-0.15, -0.1) is 0 Å². The number of hydrogen-bond donors (Lipinski definition) is 1. The van der Waals surface area contributed by atoms with Crippen molar-refractivity contribution in [1.29, 1.82) is 0 Å². The minimum absolute atomic E-state index is 0.166. The van der Waals surface area contributed by atoms with Crippen LogP contribution in [0.5, 0.6) is 0 Å². The molecule has 5 unspecified atom stereocenters. The molecule has 0 bridgehead atoms. The first kappa shape index (κ1) is 18.6. The van der Waals surface area contributed by atoms with Crippen LogP contribution >= 0.6 is 0 Å². The van der Waals surface area contributed by atoms with Crippen LogP contribution in [-0.4, -0.2) is 17.1 Å². The first-order valence-corrected chi connectivity index (χ1v) is 10.3. The summed E-state index contributed by atoms with van der Waals surface area (Å²) < 4.78 is 27.4. The van der Waals surface area contributed by atoms with Crippen LogP contribution in [0.4, 0.5) is 8.78 Å². The van der Waals surface area contributed by atoms with Gasteiger partial charge in [0.15, 0.2) is 0 Å². The monoisotopic (exact) mass is 342 g/mol. The van der Waals surface area contributed by atoms with Crippen LogP contribution in [0.25, 0.3) is 0 Å². The Balaban J connectivity index is 0.000000383. The molecule has 0 aromatic carbocycles. The molecule has 1 nitrogen and oxygen atoms in total. The molecule has 4 saturated carbocycles. The summed E-state index contributed by atoms with van der Waals surface area (Å²) in [5, 5.41) is 8.06. The summed E-state index contributed by atoms with van der Waals surface area (Å²) in [6.45, 7) is 5.96. The second-order valence-electron chi connectivity index (χ2n) is 9.71. The minimum Gasteiger partial charge on any atom is -0.394 e. The van der Waals surface area contributed by atoms with Crippen LogP contribution in [0.15, 0.2) is 0 Å². The molecule has 1 N–H and O–H groups in total.